The molecule has 1 saturated carbocycles. The molecule has 114 valence electrons. The number of aromatic nitrogens is 1. The molecule has 0 spiro atoms. The summed E-state index contributed by atoms with van der Waals surface area (Å²) >= 11 is 0. The number of aliphatic carboxylic acids is 1. The van der Waals surface area contributed by atoms with E-state index in [1.807, 2.05) is 13.8 Å². The van der Waals surface area contributed by atoms with Gasteiger partial charge in [0.25, 0.3) is 5.91 Å². The summed E-state index contributed by atoms with van der Waals surface area (Å²) in [5, 5.41) is 12.0. The summed E-state index contributed by atoms with van der Waals surface area (Å²) in [5.41, 5.74) is -0.992. The van der Waals surface area contributed by atoms with Crippen LogP contribution >= 0.6 is 0 Å². The lowest BCUT2D eigenvalue weighted by Crippen LogP contribution is -2.52. The molecule has 0 aromatic carbocycles. The van der Waals surface area contributed by atoms with Crippen molar-refractivity contribution in [2.24, 2.45) is 0 Å². The van der Waals surface area contributed by atoms with Gasteiger partial charge < -0.3 is 15.2 Å². The highest BCUT2D eigenvalue weighted by atomic mass is 16.5. The number of pyridine rings is 1. The van der Waals surface area contributed by atoms with Crippen molar-refractivity contribution in [1.29, 1.82) is 0 Å². The Morgan fingerprint density at radius 1 is 1.33 bits per heavy atom. The van der Waals surface area contributed by atoms with E-state index < -0.39 is 17.4 Å². The van der Waals surface area contributed by atoms with Crippen LogP contribution in [0.5, 0.6) is 5.88 Å². The molecule has 1 aromatic rings. The maximum absolute atomic E-state index is 12.3. The third-order valence-corrected chi connectivity index (χ3v) is 3.53. The maximum Gasteiger partial charge on any atom is 0.329 e. The highest BCUT2D eigenvalue weighted by molar-refractivity contribution is 5.96. The number of carboxylic acids is 1. The lowest BCUT2D eigenvalue weighted by molar-refractivity contribution is -0.144. The van der Waals surface area contributed by atoms with Crippen molar-refractivity contribution in [1.82, 2.24) is 10.3 Å². The Bertz CT molecular complexity index is 536. The predicted octanol–water partition coefficient (Wildman–Crippen LogP) is 2.00. The van der Waals surface area contributed by atoms with Gasteiger partial charge in [0, 0.05) is 6.07 Å². The van der Waals surface area contributed by atoms with Crippen LogP contribution in [0.1, 0.15) is 50.0 Å². The van der Waals surface area contributed by atoms with Gasteiger partial charge in [-0.2, -0.15) is 0 Å². The van der Waals surface area contributed by atoms with Gasteiger partial charge in [-0.25, -0.2) is 9.78 Å². The van der Waals surface area contributed by atoms with Crippen LogP contribution in [-0.2, 0) is 4.79 Å². The molecule has 6 heteroatoms. The molecule has 2 rings (SSSR count). The van der Waals surface area contributed by atoms with Gasteiger partial charge in [-0.15, -0.1) is 0 Å². The third kappa shape index (κ3) is 3.51. The Kier molecular flexibility index (Phi) is 4.45. The first kappa shape index (κ1) is 15.3. The second kappa shape index (κ2) is 6.11. The Balaban J connectivity index is 2.14. The molecule has 0 unspecified atom stereocenters. The maximum atomic E-state index is 12.3. The molecule has 2 N–H and O–H groups in total. The molecule has 1 fully saturated rings. The van der Waals surface area contributed by atoms with Crippen LogP contribution in [-0.4, -0.2) is 33.6 Å². The average Bonchev–Trinajstić information content (AvgIpc) is 2.88. The van der Waals surface area contributed by atoms with Crippen LogP contribution in [0, 0.1) is 0 Å². The summed E-state index contributed by atoms with van der Waals surface area (Å²) in [6.45, 7) is 3.73. The van der Waals surface area contributed by atoms with E-state index in [2.05, 4.69) is 10.3 Å². The standard InChI is InChI=1S/C15H20N2O4/c1-10(2)21-12-7-5-6-11(16-12)13(18)17-15(14(19)20)8-3-4-9-15/h5-7,10H,3-4,8-9H2,1-2H3,(H,17,18)(H,19,20). The Hall–Kier alpha value is -2.11. The zero-order valence-corrected chi connectivity index (χ0v) is 12.3. The largest absolute Gasteiger partial charge is 0.480 e. The third-order valence-electron chi connectivity index (χ3n) is 3.53. The average molecular weight is 292 g/mol. The van der Waals surface area contributed by atoms with Crippen LogP contribution in [0.4, 0.5) is 0 Å². The number of nitrogens with one attached hydrogen (secondary N) is 1. The smallest absolute Gasteiger partial charge is 0.329 e. The minimum Gasteiger partial charge on any atom is -0.480 e. The van der Waals surface area contributed by atoms with E-state index in [4.69, 9.17) is 4.74 Å². The zero-order valence-electron chi connectivity index (χ0n) is 12.3. The molecule has 1 heterocycles. The van der Waals surface area contributed by atoms with Gasteiger partial charge in [-0.05, 0) is 32.8 Å². The number of carbonyl (C=O) groups is 2. The second-order valence-electron chi connectivity index (χ2n) is 5.58. The fourth-order valence-electron chi connectivity index (χ4n) is 2.50. The molecule has 1 aromatic heterocycles. The molecular weight excluding hydrogens is 272 g/mol. The lowest BCUT2D eigenvalue weighted by atomic mass is 9.97. The Labute approximate surface area is 123 Å². The van der Waals surface area contributed by atoms with Crippen molar-refractivity contribution >= 4 is 11.9 Å². The first-order chi connectivity index (χ1) is 9.93. The fraction of sp³-hybridized carbons (Fsp3) is 0.533. The lowest BCUT2D eigenvalue weighted by Gasteiger charge is -2.25. The Morgan fingerprint density at radius 3 is 2.57 bits per heavy atom. The van der Waals surface area contributed by atoms with Crippen LogP contribution in [0.2, 0.25) is 0 Å². The molecule has 0 bridgehead atoms. The van der Waals surface area contributed by atoms with Crippen molar-refractivity contribution in [2.75, 3.05) is 0 Å². The number of carbonyl (C=O) groups excluding carboxylic acids is 1. The first-order valence-corrected chi connectivity index (χ1v) is 7.12. The van der Waals surface area contributed by atoms with Crippen LogP contribution in [0.25, 0.3) is 0 Å². The summed E-state index contributed by atoms with van der Waals surface area (Å²) in [6.07, 6.45) is 2.47. The summed E-state index contributed by atoms with van der Waals surface area (Å²) < 4.78 is 5.44. The molecule has 1 aliphatic rings. The monoisotopic (exact) mass is 292 g/mol. The number of hydrogen-bond donors (Lipinski definition) is 2. The second-order valence-corrected chi connectivity index (χ2v) is 5.58. The normalized spacial score (nSPS) is 16.7. The van der Waals surface area contributed by atoms with Gasteiger partial charge in [0.15, 0.2) is 0 Å². The summed E-state index contributed by atoms with van der Waals surface area (Å²) in [6, 6.07) is 4.88. The summed E-state index contributed by atoms with van der Waals surface area (Å²) in [5.74, 6) is -1.11. The van der Waals surface area contributed by atoms with Crippen LogP contribution in [0.15, 0.2) is 18.2 Å². The van der Waals surface area contributed by atoms with E-state index in [1.54, 1.807) is 18.2 Å². The minimum absolute atomic E-state index is 0.0454. The summed E-state index contributed by atoms with van der Waals surface area (Å²) in [7, 11) is 0. The molecule has 21 heavy (non-hydrogen) atoms. The van der Waals surface area contributed by atoms with Crippen molar-refractivity contribution in [3.05, 3.63) is 23.9 Å². The van der Waals surface area contributed by atoms with E-state index in [9.17, 15) is 14.7 Å². The number of rotatable bonds is 5. The fourth-order valence-corrected chi connectivity index (χ4v) is 2.50. The van der Waals surface area contributed by atoms with Gasteiger partial charge >= 0.3 is 5.97 Å². The Morgan fingerprint density at radius 2 is 2.00 bits per heavy atom. The van der Waals surface area contributed by atoms with E-state index in [-0.39, 0.29) is 11.8 Å². The molecule has 0 aliphatic heterocycles. The number of carboxylic acid groups (broad SMARTS) is 1. The van der Waals surface area contributed by atoms with Crippen molar-refractivity contribution in [3.8, 4) is 5.88 Å². The topological polar surface area (TPSA) is 88.5 Å². The van der Waals surface area contributed by atoms with E-state index >= 15 is 0 Å². The molecule has 0 radical (unpaired) electrons. The van der Waals surface area contributed by atoms with Crippen LogP contribution in [0.3, 0.4) is 0 Å². The molecule has 1 amide bonds. The predicted molar refractivity (Wildman–Crippen MR) is 76.3 cm³/mol. The number of hydrogen-bond acceptors (Lipinski definition) is 4. The molecule has 1 aliphatic carbocycles. The molecule has 6 nitrogen and oxygen atoms in total. The van der Waals surface area contributed by atoms with Crippen molar-refractivity contribution in [2.45, 2.75) is 51.2 Å². The number of nitrogens with zero attached hydrogens (tertiary/aromatic N) is 1. The van der Waals surface area contributed by atoms with Gasteiger partial charge in [0.2, 0.25) is 5.88 Å². The molecule has 0 saturated heterocycles. The highest BCUT2D eigenvalue weighted by Crippen LogP contribution is 2.30. The van der Waals surface area contributed by atoms with E-state index in [0.29, 0.717) is 18.7 Å². The van der Waals surface area contributed by atoms with Gasteiger partial charge in [0.1, 0.15) is 11.2 Å². The SMILES string of the molecule is CC(C)Oc1cccc(C(=O)NC2(C(=O)O)CCCC2)n1. The number of ether oxygens (including phenoxy) is 1. The number of amides is 1. The quantitative estimate of drug-likeness (QED) is 0.866. The van der Waals surface area contributed by atoms with Gasteiger partial charge in [-0.1, -0.05) is 18.9 Å². The van der Waals surface area contributed by atoms with Crippen LogP contribution < -0.4 is 10.1 Å². The first-order valence-electron chi connectivity index (χ1n) is 7.12. The minimum atomic E-state index is -1.16. The summed E-state index contributed by atoms with van der Waals surface area (Å²) in [4.78, 5) is 27.8. The van der Waals surface area contributed by atoms with E-state index in [0.717, 1.165) is 12.8 Å². The zero-order chi connectivity index (χ0) is 15.5. The van der Waals surface area contributed by atoms with Gasteiger partial charge in [-0.3, -0.25) is 4.79 Å². The van der Waals surface area contributed by atoms with Gasteiger partial charge in [0.05, 0.1) is 6.10 Å². The molecular formula is C15H20N2O4. The molecule has 0 atom stereocenters. The van der Waals surface area contributed by atoms with Crippen molar-refractivity contribution in [3.63, 3.8) is 0 Å². The highest BCUT2D eigenvalue weighted by Gasteiger charge is 2.42. The van der Waals surface area contributed by atoms with E-state index in [1.165, 1.54) is 0 Å². The van der Waals surface area contributed by atoms with Crippen molar-refractivity contribution < 1.29 is 19.4 Å².